The molecule has 2 aliphatic heterocycles. The Morgan fingerprint density at radius 3 is 1.75 bits per heavy atom. The lowest BCUT2D eigenvalue weighted by Gasteiger charge is -2.46. The predicted molar refractivity (Wildman–Crippen MR) is 86.7 cm³/mol. The van der Waals surface area contributed by atoms with E-state index in [4.69, 9.17) is 0 Å². The molecule has 0 unspecified atom stereocenters. The number of rotatable bonds is 4. The zero-order valence-corrected chi connectivity index (χ0v) is 13.6. The van der Waals surface area contributed by atoms with E-state index < -0.39 is 0 Å². The van der Waals surface area contributed by atoms with Crippen LogP contribution in [0.1, 0.15) is 83.5 Å². The maximum absolute atomic E-state index is 1.55. The largest absolute Gasteiger partial charge is 0.324 e. The Bertz CT molecular complexity index is 263. The van der Waals surface area contributed by atoms with E-state index in [1.54, 1.807) is 38.5 Å². The third-order valence-corrected chi connectivity index (χ3v) is 6.74. The number of piperidine rings is 2. The molecule has 1 heteroatoms. The molecule has 1 spiro atoms. The van der Waals surface area contributed by atoms with Crippen LogP contribution in [0.2, 0.25) is 0 Å². The fourth-order valence-electron chi connectivity index (χ4n) is 5.26. The summed E-state index contributed by atoms with van der Waals surface area (Å²) in [5.74, 6) is 2.19. The summed E-state index contributed by atoms with van der Waals surface area (Å²) in [6.45, 7) is 6.06. The normalized spacial score (nSPS) is 28.8. The molecule has 3 aliphatic rings. The van der Waals surface area contributed by atoms with Crippen LogP contribution in [0.25, 0.3) is 0 Å². The molecular formula is C19H36N+. The number of nitrogens with zero attached hydrogens (tertiary/aromatic N) is 1. The van der Waals surface area contributed by atoms with Gasteiger partial charge in [0.1, 0.15) is 0 Å². The molecule has 0 N–H and O–H groups in total. The Morgan fingerprint density at radius 2 is 1.10 bits per heavy atom. The fraction of sp³-hybridized carbons (Fsp3) is 1.00. The van der Waals surface area contributed by atoms with E-state index in [1.807, 2.05) is 0 Å². The van der Waals surface area contributed by atoms with E-state index in [-0.39, 0.29) is 0 Å². The first-order valence-corrected chi connectivity index (χ1v) is 9.71. The first kappa shape index (κ1) is 14.9. The summed E-state index contributed by atoms with van der Waals surface area (Å²) in [5, 5.41) is 0. The quantitative estimate of drug-likeness (QED) is 0.624. The molecule has 1 nitrogen and oxygen atoms in total. The van der Waals surface area contributed by atoms with Crippen LogP contribution in [0.15, 0.2) is 0 Å². The highest BCUT2D eigenvalue weighted by molar-refractivity contribution is 4.70. The SMILES string of the molecule is C1CCC(CCCC2CC[N+]3(CCCCC3)CC2)CC1. The molecule has 0 aromatic heterocycles. The summed E-state index contributed by atoms with van der Waals surface area (Å²) in [6, 6.07) is 0. The summed E-state index contributed by atoms with van der Waals surface area (Å²) in [6.07, 6.45) is 19.9. The third kappa shape index (κ3) is 4.00. The van der Waals surface area contributed by atoms with E-state index in [9.17, 15) is 0 Å². The van der Waals surface area contributed by atoms with Crippen molar-refractivity contribution in [2.75, 3.05) is 26.2 Å². The minimum atomic E-state index is 1.09. The second kappa shape index (κ2) is 7.29. The van der Waals surface area contributed by atoms with Crippen molar-refractivity contribution in [1.29, 1.82) is 0 Å². The average molecular weight is 279 g/mol. The highest BCUT2D eigenvalue weighted by Gasteiger charge is 2.34. The van der Waals surface area contributed by atoms with Crippen LogP contribution in [0.3, 0.4) is 0 Å². The summed E-state index contributed by atoms with van der Waals surface area (Å²) in [5.41, 5.74) is 0. The van der Waals surface area contributed by atoms with Crippen molar-refractivity contribution in [1.82, 2.24) is 0 Å². The zero-order chi connectivity index (χ0) is 13.7. The maximum Gasteiger partial charge on any atom is 0.0789 e. The van der Waals surface area contributed by atoms with Crippen LogP contribution in [0, 0.1) is 11.8 Å². The summed E-state index contributed by atoms with van der Waals surface area (Å²) >= 11 is 0. The van der Waals surface area contributed by atoms with Crippen molar-refractivity contribution >= 4 is 0 Å². The van der Waals surface area contributed by atoms with Crippen molar-refractivity contribution in [2.45, 2.75) is 83.5 Å². The van der Waals surface area contributed by atoms with Gasteiger partial charge in [-0.1, -0.05) is 51.4 Å². The van der Waals surface area contributed by atoms with E-state index >= 15 is 0 Å². The predicted octanol–water partition coefficient (Wildman–Crippen LogP) is 5.15. The van der Waals surface area contributed by atoms with Crippen LogP contribution in [0.5, 0.6) is 0 Å². The average Bonchev–Trinajstić information content (AvgIpc) is 2.52. The van der Waals surface area contributed by atoms with E-state index in [0.717, 1.165) is 11.8 Å². The van der Waals surface area contributed by atoms with Gasteiger partial charge in [0, 0.05) is 0 Å². The van der Waals surface area contributed by atoms with E-state index in [2.05, 4.69) is 0 Å². The van der Waals surface area contributed by atoms with Gasteiger partial charge in [0.15, 0.2) is 0 Å². The highest BCUT2D eigenvalue weighted by atomic mass is 15.4. The highest BCUT2D eigenvalue weighted by Crippen LogP contribution is 2.33. The second-order valence-corrected chi connectivity index (χ2v) is 8.18. The van der Waals surface area contributed by atoms with E-state index in [1.165, 1.54) is 75.6 Å². The maximum atomic E-state index is 1.55. The molecule has 3 rings (SSSR count). The number of quaternary nitrogens is 1. The molecule has 0 radical (unpaired) electrons. The lowest BCUT2D eigenvalue weighted by molar-refractivity contribution is -0.937. The van der Waals surface area contributed by atoms with Gasteiger partial charge in [-0.3, -0.25) is 0 Å². The standard InChI is InChI=1S/C19H36N/c1-3-8-18(9-4-1)10-7-11-19-12-16-20(17-13-19)14-5-2-6-15-20/h18-19H,1-17H2/q+1. The molecule has 1 saturated carbocycles. The molecule has 0 aromatic rings. The van der Waals surface area contributed by atoms with Crippen LogP contribution in [-0.2, 0) is 0 Å². The first-order chi connectivity index (χ1) is 9.86. The second-order valence-electron chi connectivity index (χ2n) is 8.18. The molecule has 0 aromatic carbocycles. The van der Waals surface area contributed by atoms with E-state index in [0.29, 0.717) is 0 Å². The Hall–Kier alpha value is -0.0400. The lowest BCUT2D eigenvalue weighted by Crippen LogP contribution is -2.55. The van der Waals surface area contributed by atoms with Gasteiger partial charge in [0.25, 0.3) is 0 Å². The van der Waals surface area contributed by atoms with Crippen molar-refractivity contribution in [3.05, 3.63) is 0 Å². The molecular weight excluding hydrogens is 242 g/mol. The van der Waals surface area contributed by atoms with Crippen molar-refractivity contribution < 1.29 is 4.48 Å². The number of hydrogen-bond donors (Lipinski definition) is 0. The molecule has 0 bridgehead atoms. The smallest absolute Gasteiger partial charge is 0.0789 e. The molecule has 20 heavy (non-hydrogen) atoms. The first-order valence-electron chi connectivity index (χ1n) is 9.71. The van der Waals surface area contributed by atoms with Gasteiger partial charge in [-0.2, -0.15) is 0 Å². The molecule has 116 valence electrons. The Labute approximate surface area is 126 Å². The van der Waals surface area contributed by atoms with Gasteiger partial charge in [-0.15, -0.1) is 0 Å². The van der Waals surface area contributed by atoms with Gasteiger partial charge in [0.2, 0.25) is 0 Å². The van der Waals surface area contributed by atoms with Crippen LogP contribution in [0.4, 0.5) is 0 Å². The topological polar surface area (TPSA) is 0 Å². The van der Waals surface area contributed by atoms with Crippen LogP contribution in [-0.4, -0.2) is 30.7 Å². The summed E-state index contributed by atoms with van der Waals surface area (Å²) < 4.78 is 1.51. The van der Waals surface area contributed by atoms with Gasteiger partial charge in [0.05, 0.1) is 26.2 Å². The van der Waals surface area contributed by atoms with Gasteiger partial charge < -0.3 is 4.48 Å². The fourth-order valence-corrected chi connectivity index (χ4v) is 5.26. The molecule has 0 atom stereocenters. The molecule has 1 aliphatic carbocycles. The molecule has 2 heterocycles. The van der Waals surface area contributed by atoms with Crippen LogP contribution >= 0.6 is 0 Å². The Kier molecular flexibility index (Phi) is 5.42. The zero-order valence-electron chi connectivity index (χ0n) is 13.6. The van der Waals surface area contributed by atoms with Crippen molar-refractivity contribution in [2.24, 2.45) is 11.8 Å². The molecule has 2 saturated heterocycles. The lowest BCUT2D eigenvalue weighted by atomic mass is 9.83. The Morgan fingerprint density at radius 1 is 0.550 bits per heavy atom. The van der Waals surface area contributed by atoms with Crippen molar-refractivity contribution in [3.8, 4) is 0 Å². The van der Waals surface area contributed by atoms with Crippen molar-refractivity contribution in [3.63, 3.8) is 0 Å². The monoisotopic (exact) mass is 278 g/mol. The number of hydrogen-bond acceptors (Lipinski definition) is 0. The Balaban J connectivity index is 1.32. The summed E-state index contributed by atoms with van der Waals surface area (Å²) in [7, 11) is 0. The minimum absolute atomic E-state index is 1.09. The summed E-state index contributed by atoms with van der Waals surface area (Å²) in [4.78, 5) is 0. The van der Waals surface area contributed by atoms with Crippen LogP contribution < -0.4 is 0 Å². The molecule has 3 fully saturated rings. The van der Waals surface area contributed by atoms with Gasteiger partial charge in [-0.25, -0.2) is 0 Å². The minimum Gasteiger partial charge on any atom is -0.324 e. The molecule has 0 amide bonds. The third-order valence-electron chi connectivity index (χ3n) is 6.74. The van der Waals surface area contributed by atoms with Gasteiger partial charge >= 0.3 is 0 Å². The van der Waals surface area contributed by atoms with Gasteiger partial charge in [-0.05, 0) is 43.9 Å².